The highest BCUT2D eigenvalue weighted by Crippen LogP contribution is 2.09. The van der Waals surface area contributed by atoms with Crippen LogP contribution in [-0.2, 0) is 11.1 Å². The number of hydrogen-bond donors (Lipinski definition) is 2. The van der Waals surface area contributed by atoms with Crippen molar-refractivity contribution in [3.63, 3.8) is 0 Å². The summed E-state index contributed by atoms with van der Waals surface area (Å²) in [5.74, 6) is 0. The minimum Gasteiger partial charge on any atom is -0.305 e. The Morgan fingerprint density at radius 2 is 2.30 bits per heavy atom. The Balaban J connectivity index is 2.77. The molecule has 54 valence electrons. The van der Waals surface area contributed by atoms with E-state index in [0.717, 1.165) is 0 Å². The number of nitrogens with one attached hydrogen (secondary N) is 1. The van der Waals surface area contributed by atoms with E-state index in [2.05, 4.69) is 0 Å². The molecule has 10 heavy (non-hydrogen) atoms. The van der Waals surface area contributed by atoms with Crippen LogP contribution in [-0.4, -0.2) is 14.5 Å². The van der Waals surface area contributed by atoms with Crippen LogP contribution in [0.2, 0.25) is 0 Å². The van der Waals surface area contributed by atoms with Crippen molar-refractivity contribution in [2.75, 3.05) is 0 Å². The fourth-order valence-corrected chi connectivity index (χ4v) is 1.07. The van der Waals surface area contributed by atoms with Gasteiger partial charge in [0.2, 0.25) is 0 Å². The van der Waals surface area contributed by atoms with E-state index in [1.165, 1.54) is 12.2 Å². The Kier molecular flexibility index (Phi) is 2.13. The summed E-state index contributed by atoms with van der Waals surface area (Å²) in [6, 6.07) is 0. The molecule has 0 aromatic rings. The van der Waals surface area contributed by atoms with Gasteiger partial charge in [-0.25, -0.2) is 4.21 Å². The summed E-state index contributed by atoms with van der Waals surface area (Å²) in [7, 11) is 0. The SMILES string of the molecule is N=C1C=CC(S(=O)O)=CC1. The van der Waals surface area contributed by atoms with Crippen molar-refractivity contribution >= 4 is 16.8 Å². The van der Waals surface area contributed by atoms with Gasteiger partial charge in [-0.2, -0.15) is 0 Å². The van der Waals surface area contributed by atoms with E-state index in [0.29, 0.717) is 17.0 Å². The van der Waals surface area contributed by atoms with E-state index >= 15 is 0 Å². The van der Waals surface area contributed by atoms with Gasteiger partial charge in [0.05, 0.1) is 4.91 Å². The molecule has 0 spiro atoms. The van der Waals surface area contributed by atoms with Crippen LogP contribution in [0.4, 0.5) is 0 Å². The Labute approximate surface area is 61.2 Å². The quantitative estimate of drug-likeness (QED) is 0.559. The first kappa shape index (κ1) is 7.37. The maximum absolute atomic E-state index is 10.4. The van der Waals surface area contributed by atoms with Crippen molar-refractivity contribution in [3.8, 4) is 0 Å². The molecule has 0 fully saturated rings. The fraction of sp³-hybridized carbons (Fsp3) is 0.167. The minimum atomic E-state index is -1.89. The van der Waals surface area contributed by atoms with E-state index in [1.807, 2.05) is 0 Å². The Morgan fingerprint density at radius 1 is 1.60 bits per heavy atom. The molecule has 3 nitrogen and oxygen atoms in total. The highest BCUT2D eigenvalue weighted by molar-refractivity contribution is 7.83. The van der Waals surface area contributed by atoms with Crippen molar-refractivity contribution in [1.29, 1.82) is 5.41 Å². The van der Waals surface area contributed by atoms with Crippen LogP contribution in [0.15, 0.2) is 23.1 Å². The molecule has 4 heteroatoms. The average Bonchev–Trinajstić information content (AvgIpc) is 1.88. The summed E-state index contributed by atoms with van der Waals surface area (Å²) >= 11 is -1.89. The monoisotopic (exact) mass is 157 g/mol. The molecule has 0 amide bonds. The van der Waals surface area contributed by atoms with E-state index in [-0.39, 0.29) is 0 Å². The summed E-state index contributed by atoms with van der Waals surface area (Å²) < 4.78 is 18.9. The predicted molar refractivity (Wildman–Crippen MR) is 40.3 cm³/mol. The largest absolute Gasteiger partial charge is 0.305 e. The van der Waals surface area contributed by atoms with Gasteiger partial charge in [0.25, 0.3) is 0 Å². The van der Waals surface area contributed by atoms with E-state index in [4.69, 9.17) is 9.96 Å². The van der Waals surface area contributed by atoms with Gasteiger partial charge in [-0.15, -0.1) is 0 Å². The summed E-state index contributed by atoms with van der Waals surface area (Å²) in [5.41, 5.74) is 0.467. The Bertz CT molecular complexity index is 242. The Hall–Kier alpha value is -0.740. The van der Waals surface area contributed by atoms with Crippen LogP contribution in [0, 0.1) is 5.41 Å². The summed E-state index contributed by atoms with van der Waals surface area (Å²) in [6.45, 7) is 0. The fourth-order valence-electron chi connectivity index (χ4n) is 0.659. The van der Waals surface area contributed by atoms with Crippen molar-refractivity contribution in [1.82, 2.24) is 0 Å². The second-order valence-corrected chi connectivity index (χ2v) is 2.89. The first-order valence-corrected chi connectivity index (χ1v) is 3.87. The van der Waals surface area contributed by atoms with Gasteiger partial charge in [0.15, 0.2) is 11.1 Å². The van der Waals surface area contributed by atoms with Gasteiger partial charge in [0, 0.05) is 12.1 Å². The zero-order valence-electron chi connectivity index (χ0n) is 5.20. The van der Waals surface area contributed by atoms with Crippen LogP contribution >= 0.6 is 0 Å². The molecule has 0 radical (unpaired) electrons. The van der Waals surface area contributed by atoms with Gasteiger partial charge in [-0.1, -0.05) is 6.08 Å². The Morgan fingerprint density at radius 3 is 2.70 bits per heavy atom. The second kappa shape index (κ2) is 2.90. The molecule has 0 bridgehead atoms. The van der Waals surface area contributed by atoms with Crippen molar-refractivity contribution in [2.45, 2.75) is 6.42 Å². The third-order valence-electron chi connectivity index (χ3n) is 1.17. The molecule has 1 aliphatic rings. The zero-order chi connectivity index (χ0) is 7.56. The molecule has 0 aromatic heterocycles. The maximum atomic E-state index is 10.4. The van der Waals surface area contributed by atoms with Gasteiger partial charge >= 0.3 is 0 Å². The summed E-state index contributed by atoms with van der Waals surface area (Å²) in [4.78, 5) is 0.385. The highest BCUT2D eigenvalue weighted by Gasteiger charge is 2.04. The minimum absolute atomic E-state index is 0.385. The topological polar surface area (TPSA) is 61.2 Å². The number of rotatable bonds is 1. The average molecular weight is 157 g/mol. The molecule has 1 atom stereocenters. The predicted octanol–water partition coefficient (Wildman–Crippen LogP) is 1.07. The summed E-state index contributed by atoms with van der Waals surface area (Å²) in [6.07, 6.45) is 5.06. The second-order valence-electron chi connectivity index (χ2n) is 1.92. The third kappa shape index (κ3) is 1.62. The molecule has 2 N–H and O–H groups in total. The van der Waals surface area contributed by atoms with Gasteiger partial charge in [-0.05, 0) is 12.2 Å². The number of hydrogen-bond acceptors (Lipinski definition) is 2. The molecule has 1 rings (SSSR count). The molecular formula is C6H7NO2S. The molecule has 1 unspecified atom stereocenters. The lowest BCUT2D eigenvalue weighted by Gasteiger charge is -2.01. The molecule has 0 heterocycles. The zero-order valence-corrected chi connectivity index (χ0v) is 6.02. The van der Waals surface area contributed by atoms with E-state index in [1.54, 1.807) is 6.08 Å². The van der Waals surface area contributed by atoms with Crippen molar-refractivity contribution in [2.24, 2.45) is 0 Å². The van der Waals surface area contributed by atoms with Gasteiger partial charge in [0.1, 0.15) is 0 Å². The first-order chi connectivity index (χ1) is 4.70. The van der Waals surface area contributed by atoms with Gasteiger partial charge in [-0.3, -0.25) is 0 Å². The molecule has 0 aromatic carbocycles. The smallest absolute Gasteiger partial charge is 0.186 e. The lowest BCUT2D eigenvalue weighted by Crippen LogP contribution is -1.99. The molecule has 0 aliphatic heterocycles. The maximum Gasteiger partial charge on any atom is 0.186 e. The molecule has 0 saturated carbocycles. The molecule has 1 aliphatic carbocycles. The van der Waals surface area contributed by atoms with Gasteiger partial charge < -0.3 is 9.96 Å². The standard InChI is InChI=1S/C6H7NO2S/c7-5-1-3-6(4-2-5)10(8)9/h1,3-4,7H,2H2,(H,8,9). The van der Waals surface area contributed by atoms with Crippen LogP contribution in [0.3, 0.4) is 0 Å². The summed E-state index contributed by atoms with van der Waals surface area (Å²) in [5, 5.41) is 7.11. The van der Waals surface area contributed by atoms with Crippen LogP contribution < -0.4 is 0 Å². The van der Waals surface area contributed by atoms with E-state index in [9.17, 15) is 4.21 Å². The van der Waals surface area contributed by atoms with Crippen LogP contribution in [0.25, 0.3) is 0 Å². The highest BCUT2D eigenvalue weighted by atomic mass is 32.2. The van der Waals surface area contributed by atoms with Crippen molar-refractivity contribution < 1.29 is 8.76 Å². The van der Waals surface area contributed by atoms with E-state index < -0.39 is 11.1 Å². The molecular weight excluding hydrogens is 150 g/mol. The third-order valence-corrected chi connectivity index (χ3v) is 1.88. The number of allylic oxidation sites excluding steroid dienone is 3. The van der Waals surface area contributed by atoms with Crippen LogP contribution in [0.5, 0.6) is 0 Å². The molecule has 0 saturated heterocycles. The van der Waals surface area contributed by atoms with Crippen LogP contribution in [0.1, 0.15) is 6.42 Å². The van der Waals surface area contributed by atoms with Crippen molar-refractivity contribution in [3.05, 3.63) is 23.1 Å². The lowest BCUT2D eigenvalue weighted by molar-refractivity contribution is 0.572. The normalized spacial score (nSPS) is 20.5. The first-order valence-electron chi connectivity index (χ1n) is 2.76. The lowest BCUT2D eigenvalue weighted by atomic mass is 10.2.